The van der Waals surface area contributed by atoms with Crippen LogP contribution in [0, 0.1) is 0 Å². The fraction of sp³-hybridized carbons (Fsp3) is 0.538. The first-order chi connectivity index (χ1) is 21.1. The molecule has 254 valence electrons. The number of aliphatic hydroxyl groups is 1. The number of aliphatic carboxylic acids is 3. The SMILES string of the molecule is CC(O)CON(CCN(OCC(C)OC(=O)/C=C\C(=O)[O-])OCC(C)OC(=O)/C=C\C(=O)[O-])OCC(C)OC(=O)/C=C\C(=O)[O-].[Na+].[Na+].[Na+]. The summed E-state index contributed by atoms with van der Waals surface area (Å²) in [5, 5.41) is 42.7. The Bertz CT molecular complexity index is 1030. The van der Waals surface area contributed by atoms with Gasteiger partial charge in [-0.05, 0) is 45.9 Å². The molecule has 4 unspecified atom stereocenters. The summed E-state index contributed by atoms with van der Waals surface area (Å²) in [6.45, 7) is 4.17. The first kappa shape index (κ1) is 53.6. The summed E-state index contributed by atoms with van der Waals surface area (Å²) in [5.74, 6) is -7.78. The fourth-order valence-electron chi connectivity index (χ4n) is 2.47. The van der Waals surface area contributed by atoms with Gasteiger partial charge >= 0.3 is 107 Å². The Hall–Kier alpha value is -1.24. The van der Waals surface area contributed by atoms with Crippen LogP contribution in [0.1, 0.15) is 27.7 Å². The summed E-state index contributed by atoms with van der Waals surface area (Å²) >= 11 is 0. The molecule has 0 aliphatic heterocycles. The second kappa shape index (κ2) is 31.7. The number of esters is 3. The van der Waals surface area contributed by atoms with E-state index in [9.17, 15) is 49.2 Å². The molecule has 0 saturated heterocycles. The third-order valence-electron chi connectivity index (χ3n) is 4.30. The molecule has 0 aliphatic rings. The van der Waals surface area contributed by atoms with Gasteiger partial charge in [-0.2, -0.15) is 0 Å². The summed E-state index contributed by atoms with van der Waals surface area (Å²) in [4.78, 5) is 88.2. The van der Waals surface area contributed by atoms with Crippen molar-refractivity contribution >= 4 is 35.8 Å². The molecule has 0 bridgehead atoms. The molecule has 48 heavy (non-hydrogen) atoms. The zero-order valence-corrected chi connectivity index (χ0v) is 33.9. The van der Waals surface area contributed by atoms with Crippen LogP contribution in [0.15, 0.2) is 36.5 Å². The molecule has 19 nitrogen and oxygen atoms in total. The molecule has 0 radical (unpaired) electrons. The van der Waals surface area contributed by atoms with Crippen LogP contribution in [0.3, 0.4) is 0 Å². The van der Waals surface area contributed by atoms with E-state index in [1.165, 1.54) is 27.7 Å². The van der Waals surface area contributed by atoms with E-state index in [-0.39, 0.29) is 128 Å². The van der Waals surface area contributed by atoms with Gasteiger partial charge in [-0.1, -0.05) is 10.5 Å². The number of carboxylic acids is 3. The Kier molecular flexibility index (Phi) is 35.4. The molecule has 0 heterocycles. The number of carbonyl (C=O) groups excluding carboxylic acids is 6. The molecular weight excluding hydrogens is 681 g/mol. The van der Waals surface area contributed by atoms with E-state index in [1.54, 1.807) is 0 Å². The van der Waals surface area contributed by atoms with Crippen molar-refractivity contribution in [1.82, 2.24) is 10.5 Å². The average molecular weight is 717 g/mol. The summed E-state index contributed by atoms with van der Waals surface area (Å²) in [5.41, 5.74) is 0. The number of ether oxygens (including phenoxy) is 3. The van der Waals surface area contributed by atoms with Crippen molar-refractivity contribution in [2.24, 2.45) is 0 Å². The third kappa shape index (κ3) is 33.3. The van der Waals surface area contributed by atoms with Gasteiger partial charge < -0.3 is 49.0 Å². The average Bonchev–Trinajstić information content (AvgIpc) is 2.94. The predicted octanol–water partition coefficient (Wildman–Crippen LogP) is -13.6. The topological polar surface area (TPSA) is 263 Å². The van der Waals surface area contributed by atoms with Crippen molar-refractivity contribution in [3.05, 3.63) is 36.5 Å². The maximum absolute atomic E-state index is 11.7. The monoisotopic (exact) mass is 716 g/mol. The van der Waals surface area contributed by atoms with Crippen molar-refractivity contribution in [2.75, 3.05) is 39.5 Å². The largest absolute Gasteiger partial charge is 1.00 e. The van der Waals surface area contributed by atoms with Crippen molar-refractivity contribution in [1.29, 1.82) is 0 Å². The Morgan fingerprint density at radius 1 is 0.521 bits per heavy atom. The fourth-order valence-corrected chi connectivity index (χ4v) is 2.47. The Labute approximate surface area is 342 Å². The molecule has 0 rings (SSSR count). The van der Waals surface area contributed by atoms with E-state index in [4.69, 9.17) is 33.6 Å². The first-order valence-corrected chi connectivity index (χ1v) is 13.1. The maximum Gasteiger partial charge on any atom is 1.00 e. The summed E-state index contributed by atoms with van der Waals surface area (Å²) in [6.07, 6.45) is -0.318. The minimum atomic E-state index is -1.61. The number of rotatable bonds is 24. The second-order valence-corrected chi connectivity index (χ2v) is 8.84. The van der Waals surface area contributed by atoms with Gasteiger partial charge in [-0.25, -0.2) is 14.4 Å². The molecular formula is C26H35N2Na3O17. The van der Waals surface area contributed by atoms with Crippen molar-refractivity contribution in [3.8, 4) is 0 Å². The molecule has 0 saturated carbocycles. The van der Waals surface area contributed by atoms with Gasteiger partial charge in [0.15, 0.2) is 0 Å². The van der Waals surface area contributed by atoms with E-state index in [1.807, 2.05) is 0 Å². The number of aliphatic hydroxyl groups excluding tert-OH is 1. The molecule has 0 aliphatic carbocycles. The molecule has 0 aromatic rings. The van der Waals surface area contributed by atoms with Gasteiger partial charge in [0.25, 0.3) is 0 Å². The molecule has 0 aromatic heterocycles. The Morgan fingerprint density at radius 3 is 1.00 bits per heavy atom. The van der Waals surface area contributed by atoms with Crippen LogP contribution in [-0.4, -0.2) is 115 Å². The van der Waals surface area contributed by atoms with Crippen LogP contribution in [0.5, 0.6) is 0 Å². The van der Waals surface area contributed by atoms with Crippen molar-refractivity contribution in [2.45, 2.75) is 52.1 Å². The smallest absolute Gasteiger partial charge is 0.545 e. The van der Waals surface area contributed by atoms with Gasteiger partial charge in [0, 0.05) is 18.2 Å². The molecule has 0 aromatic carbocycles. The van der Waals surface area contributed by atoms with E-state index in [0.29, 0.717) is 36.5 Å². The molecule has 22 heteroatoms. The Morgan fingerprint density at radius 2 is 0.771 bits per heavy atom. The minimum absolute atomic E-state index is 0. The van der Waals surface area contributed by atoms with Crippen LogP contribution in [0.4, 0.5) is 0 Å². The van der Waals surface area contributed by atoms with Gasteiger partial charge in [0.05, 0.1) is 43.7 Å². The van der Waals surface area contributed by atoms with Crippen LogP contribution < -0.4 is 104 Å². The van der Waals surface area contributed by atoms with E-state index in [0.717, 1.165) is 10.5 Å². The predicted molar refractivity (Wildman–Crippen MR) is 138 cm³/mol. The summed E-state index contributed by atoms with van der Waals surface area (Å²) in [7, 11) is 0. The van der Waals surface area contributed by atoms with Gasteiger partial charge in [-0.3, -0.25) is 19.4 Å². The van der Waals surface area contributed by atoms with E-state index in [2.05, 4.69) is 0 Å². The number of carboxylic acid groups (broad SMARTS) is 3. The minimum Gasteiger partial charge on any atom is -0.545 e. The zero-order chi connectivity index (χ0) is 34.4. The first-order valence-electron chi connectivity index (χ1n) is 13.1. The van der Waals surface area contributed by atoms with Gasteiger partial charge in [0.2, 0.25) is 0 Å². The Balaban J connectivity index is -0.00000323. The number of hydrogen-bond acceptors (Lipinski definition) is 19. The number of hydroxylamine groups is 4. The second-order valence-electron chi connectivity index (χ2n) is 8.84. The molecule has 1 N–H and O–H groups in total. The third-order valence-corrected chi connectivity index (χ3v) is 4.30. The van der Waals surface area contributed by atoms with Crippen LogP contribution in [0.2, 0.25) is 0 Å². The quantitative estimate of drug-likeness (QED) is 0.0319. The normalized spacial score (nSPS) is 13.6. The standard InChI is InChI=1S/C26H38N2O17.3Na/c1-17(29)13-39-27(40-14-18(2)43-24(36)8-5-21(30)31)11-12-28(41-15-19(3)44-25(37)9-6-22(32)33)42-16-20(4)45-26(38)10-7-23(34)35;;;/h5-10,17-20,29H,11-16H2,1-4H3,(H,30,31)(H,32,33)(H,34,35);;;/q;3*+1/p-3/b8-5-,9-6-,10-7-;;;. The zero-order valence-electron chi connectivity index (χ0n) is 27.9. The number of carbonyl (C=O) groups is 6. The molecule has 0 spiro atoms. The molecule has 0 fully saturated rings. The van der Waals surface area contributed by atoms with Crippen molar-refractivity contribution < 1.29 is 171 Å². The van der Waals surface area contributed by atoms with Crippen LogP contribution >= 0.6 is 0 Å². The van der Waals surface area contributed by atoms with Crippen LogP contribution in [0.25, 0.3) is 0 Å². The van der Waals surface area contributed by atoms with Gasteiger partial charge in [0.1, 0.15) is 38.1 Å². The number of nitrogens with zero attached hydrogens (tertiary/aromatic N) is 2. The van der Waals surface area contributed by atoms with E-state index >= 15 is 0 Å². The summed E-state index contributed by atoms with van der Waals surface area (Å²) in [6, 6.07) is 0. The molecule has 4 atom stereocenters. The van der Waals surface area contributed by atoms with Gasteiger partial charge in [-0.15, -0.1) is 0 Å². The maximum atomic E-state index is 11.7. The summed E-state index contributed by atoms with van der Waals surface area (Å²) < 4.78 is 14.9. The molecule has 0 amide bonds. The van der Waals surface area contributed by atoms with E-state index < -0.39 is 60.2 Å². The number of hydrogen-bond donors (Lipinski definition) is 1. The van der Waals surface area contributed by atoms with Crippen LogP contribution in [-0.2, 0) is 62.3 Å². The van der Waals surface area contributed by atoms with Crippen molar-refractivity contribution in [3.63, 3.8) is 0 Å².